The fourth-order valence-corrected chi connectivity index (χ4v) is 11.6. The number of hydrogen-bond donors (Lipinski definition) is 0. The van der Waals surface area contributed by atoms with Crippen molar-refractivity contribution in [2.45, 2.75) is 89.5 Å². The summed E-state index contributed by atoms with van der Waals surface area (Å²) >= 11 is 0. The van der Waals surface area contributed by atoms with Crippen LogP contribution in [0.2, 0.25) is 0 Å². The van der Waals surface area contributed by atoms with E-state index < -0.39 is 0 Å². The first-order valence-electron chi connectivity index (χ1n) is 22.3. The number of rotatable bonds is 4. The van der Waals surface area contributed by atoms with E-state index in [1.54, 1.807) is 0 Å². The third-order valence-electron chi connectivity index (χ3n) is 14.8. The predicted octanol–water partition coefficient (Wildman–Crippen LogP) is 13.3. The quantitative estimate of drug-likeness (QED) is 0.165. The highest BCUT2D eigenvalue weighted by Gasteiger charge is 2.57. The standard InChI is InChI=1S/C56H54BN3/c1-54(2,3)40-32-33-47(43(36-40)39-22-10-8-11-23-39)59-50-31-19-16-28-46(50)57-45-27-15-18-30-49(45)58(41-24-12-9-13-25-41)51-37-42(38-52(59)53(51)57)60-48-29-17-14-26-44(48)55(4)34-20-6-7-21-35-56(55,60)5/h8-19,22-33,36-38H,6-7,20-21,34-35H2,1-5H3. The van der Waals surface area contributed by atoms with E-state index in [2.05, 4.69) is 213 Å². The Morgan fingerprint density at radius 1 is 0.483 bits per heavy atom. The first-order valence-corrected chi connectivity index (χ1v) is 22.3. The van der Waals surface area contributed by atoms with Crippen LogP contribution in [0.3, 0.4) is 0 Å². The lowest BCUT2D eigenvalue weighted by Gasteiger charge is -2.50. The molecule has 296 valence electrons. The Bertz CT molecular complexity index is 2770. The molecule has 3 heterocycles. The van der Waals surface area contributed by atoms with Crippen LogP contribution in [0.1, 0.15) is 84.3 Å². The van der Waals surface area contributed by atoms with Crippen molar-refractivity contribution in [1.29, 1.82) is 0 Å². The Labute approximate surface area is 357 Å². The highest BCUT2D eigenvalue weighted by molar-refractivity contribution is 7.00. The molecule has 0 amide bonds. The zero-order chi connectivity index (χ0) is 40.8. The lowest BCUT2D eigenvalue weighted by Crippen LogP contribution is -2.61. The fraction of sp³-hybridized carbons (Fsp3) is 0.250. The minimum atomic E-state index is -0.109. The largest absolute Gasteiger partial charge is 0.334 e. The fourth-order valence-electron chi connectivity index (χ4n) is 11.6. The van der Waals surface area contributed by atoms with Gasteiger partial charge in [0, 0.05) is 50.8 Å². The average molecular weight is 780 g/mol. The summed E-state index contributed by atoms with van der Waals surface area (Å²) in [7, 11) is 0. The van der Waals surface area contributed by atoms with Gasteiger partial charge in [-0.05, 0) is 113 Å². The van der Waals surface area contributed by atoms with Gasteiger partial charge in [0.1, 0.15) is 0 Å². The second kappa shape index (κ2) is 13.8. The Morgan fingerprint density at radius 2 is 1.05 bits per heavy atom. The van der Waals surface area contributed by atoms with E-state index in [0.29, 0.717) is 0 Å². The molecule has 60 heavy (non-hydrogen) atoms. The molecule has 2 unspecified atom stereocenters. The summed E-state index contributed by atoms with van der Waals surface area (Å²) in [4.78, 5) is 7.98. The molecule has 0 spiro atoms. The summed E-state index contributed by atoms with van der Waals surface area (Å²) in [5.74, 6) is 0. The molecule has 1 aliphatic carbocycles. The zero-order valence-electron chi connectivity index (χ0n) is 35.8. The number of para-hydroxylation sites is 4. The van der Waals surface area contributed by atoms with Gasteiger partial charge in [-0.1, -0.05) is 163 Å². The molecule has 0 N–H and O–H groups in total. The maximum atomic E-state index is 2.79. The zero-order valence-corrected chi connectivity index (χ0v) is 35.8. The van der Waals surface area contributed by atoms with Crippen molar-refractivity contribution in [3.63, 3.8) is 0 Å². The van der Waals surface area contributed by atoms with Crippen LogP contribution in [0, 0.1) is 0 Å². The highest BCUT2D eigenvalue weighted by atomic mass is 15.3. The summed E-state index contributed by atoms with van der Waals surface area (Å²) in [6.45, 7) is 12.2. The molecule has 4 heteroatoms. The van der Waals surface area contributed by atoms with Crippen LogP contribution in [-0.2, 0) is 10.8 Å². The first-order chi connectivity index (χ1) is 29.2. The van der Waals surface area contributed by atoms with Crippen molar-refractivity contribution >= 4 is 68.6 Å². The van der Waals surface area contributed by atoms with Gasteiger partial charge in [-0.3, -0.25) is 0 Å². The van der Waals surface area contributed by atoms with E-state index in [4.69, 9.17) is 0 Å². The Kier molecular flexibility index (Phi) is 8.50. The average Bonchev–Trinajstić information content (AvgIpc) is 3.45. The molecule has 1 saturated carbocycles. The molecule has 2 atom stereocenters. The monoisotopic (exact) mass is 779 g/mol. The molecule has 1 fully saturated rings. The van der Waals surface area contributed by atoms with Crippen molar-refractivity contribution in [3.8, 4) is 11.1 Å². The first kappa shape index (κ1) is 37.0. The predicted molar refractivity (Wildman–Crippen MR) is 257 cm³/mol. The molecule has 3 aliphatic heterocycles. The van der Waals surface area contributed by atoms with Gasteiger partial charge in [0.25, 0.3) is 6.71 Å². The van der Waals surface area contributed by atoms with Crippen molar-refractivity contribution < 1.29 is 0 Å². The molecule has 0 saturated heterocycles. The second-order valence-corrected chi connectivity index (χ2v) is 19.2. The number of benzene rings is 7. The van der Waals surface area contributed by atoms with Crippen LogP contribution in [0.5, 0.6) is 0 Å². The summed E-state index contributed by atoms with van der Waals surface area (Å²) in [5.41, 5.74) is 19.2. The van der Waals surface area contributed by atoms with Crippen LogP contribution < -0.4 is 31.1 Å². The lowest BCUT2D eigenvalue weighted by atomic mass is 9.33. The van der Waals surface area contributed by atoms with E-state index >= 15 is 0 Å². The summed E-state index contributed by atoms with van der Waals surface area (Å²) in [6, 6.07) is 62.2. The molecule has 4 aliphatic rings. The summed E-state index contributed by atoms with van der Waals surface area (Å²) in [6.07, 6.45) is 7.46. The van der Waals surface area contributed by atoms with Crippen LogP contribution in [-0.4, -0.2) is 12.3 Å². The maximum absolute atomic E-state index is 2.79. The highest BCUT2D eigenvalue weighted by Crippen LogP contribution is 2.60. The molecule has 3 nitrogen and oxygen atoms in total. The van der Waals surface area contributed by atoms with Crippen LogP contribution in [0.25, 0.3) is 11.1 Å². The Balaban J connectivity index is 1.26. The Morgan fingerprint density at radius 3 is 1.73 bits per heavy atom. The van der Waals surface area contributed by atoms with Gasteiger partial charge in [0.05, 0.1) is 11.2 Å². The second-order valence-electron chi connectivity index (χ2n) is 19.2. The van der Waals surface area contributed by atoms with Crippen molar-refractivity contribution in [2.75, 3.05) is 14.7 Å². The van der Waals surface area contributed by atoms with Gasteiger partial charge in [-0.25, -0.2) is 0 Å². The van der Waals surface area contributed by atoms with E-state index in [0.717, 1.165) is 6.42 Å². The van der Waals surface area contributed by atoms with Gasteiger partial charge in [-0.2, -0.15) is 0 Å². The van der Waals surface area contributed by atoms with E-state index in [1.165, 1.54) is 116 Å². The van der Waals surface area contributed by atoms with Gasteiger partial charge in [-0.15, -0.1) is 0 Å². The van der Waals surface area contributed by atoms with Gasteiger partial charge in [0.2, 0.25) is 0 Å². The normalized spacial score (nSPS) is 20.4. The van der Waals surface area contributed by atoms with Gasteiger partial charge < -0.3 is 14.7 Å². The minimum absolute atomic E-state index is 0.00519. The molecule has 0 radical (unpaired) electrons. The third kappa shape index (κ3) is 5.42. The van der Waals surface area contributed by atoms with Crippen LogP contribution in [0.4, 0.5) is 45.5 Å². The smallest absolute Gasteiger partial charge is 0.252 e. The number of anilines is 8. The number of fused-ring (bicyclic) bond motifs is 7. The molecular weight excluding hydrogens is 725 g/mol. The van der Waals surface area contributed by atoms with Crippen molar-refractivity contribution in [3.05, 3.63) is 175 Å². The molecule has 0 bridgehead atoms. The lowest BCUT2D eigenvalue weighted by molar-refractivity contribution is 0.218. The maximum Gasteiger partial charge on any atom is 0.252 e. The van der Waals surface area contributed by atoms with Gasteiger partial charge >= 0.3 is 0 Å². The SMILES string of the molecule is CC(C)(C)c1ccc(N2c3ccccc3B3c4ccccc4N(c4ccccc4)c4cc(N5c6ccccc6C6(C)CCCCCCC56C)cc2c43)c(-c2ccccc2)c1. The van der Waals surface area contributed by atoms with E-state index in [-0.39, 0.29) is 23.1 Å². The number of hydrogen-bond acceptors (Lipinski definition) is 3. The van der Waals surface area contributed by atoms with Gasteiger partial charge in [0.15, 0.2) is 0 Å². The molecule has 7 aromatic carbocycles. The van der Waals surface area contributed by atoms with Crippen molar-refractivity contribution in [1.82, 2.24) is 0 Å². The topological polar surface area (TPSA) is 9.72 Å². The summed E-state index contributed by atoms with van der Waals surface area (Å²) < 4.78 is 0. The van der Waals surface area contributed by atoms with Crippen LogP contribution >= 0.6 is 0 Å². The summed E-state index contributed by atoms with van der Waals surface area (Å²) in [5, 5.41) is 0. The van der Waals surface area contributed by atoms with Crippen LogP contribution in [0.15, 0.2) is 164 Å². The Hall–Kier alpha value is -6.00. The number of nitrogens with zero attached hydrogens (tertiary/aromatic N) is 3. The van der Waals surface area contributed by atoms with E-state index in [9.17, 15) is 0 Å². The minimum Gasteiger partial charge on any atom is -0.334 e. The molecule has 7 aromatic rings. The molecular formula is C56H54BN3. The molecule has 11 rings (SSSR count). The van der Waals surface area contributed by atoms with Crippen molar-refractivity contribution in [2.24, 2.45) is 0 Å². The van der Waals surface area contributed by atoms with E-state index in [1.807, 2.05) is 0 Å². The third-order valence-corrected chi connectivity index (χ3v) is 14.8. The molecule has 0 aromatic heterocycles.